The minimum atomic E-state index is -0.0712. The number of pyridine rings is 1. The molecule has 1 fully saturated rings. The molecule has 0 radical (unpaired) electrons. The Morgan fingerprint density at radius 2 is 2.00 bits per heavy atom. The third-order valence-electron chi connectivity index (χ3n) is 5.91. The van der Waals surface area contributed by atoms with Crippen molar-refractivity contribution in [3.8, 4) is 0 Å². The highest BCUT2D eigenvalue weighted by molar-refractivity contribution is 6.22. The summed E-state index contributed by atoms with van der Waals surface area (Å²) in [6.45, 7) is 6.14. The van der Waals surface area contributed by atoms with Crippen LogP contribution in [0.2, 0.25) is 0 Å². The number of nitrogens with two attached hydrogens (primary N) is 1. The molecular formula is C22H29ClN6O. The van der Waals surface area contributed by atoms with Crippen LogP contribution in [0, 0.1) is 0 Å². The maximum atomic E-state index is 11.8. The lowest BCUT2D eigenvalue weighted by atomic mass is 10.0. The second-order valence-corrected chi connectivity index (χ2v) is 8.29. The number of piperidine rings is 1. The number of anilines is 1. The molecule has 3 heterocycles. The molecule has 30 heavy (non-hydrogen) atoms. The number of aromatic nitrogens is 2. The topological polar surface area (TPSA) is 84.8 Å². The summed E-state index contributed by atoms with van der Waals surface area (Å²) in [4.78, 5) is 16.6. The number of carbonyl (C=O) groups excluding carboxylic acids is 1. The fraction of sp³-hybridized carbons (Fsp3) is 0.409. The number of fused-ring (bicyclic) bond motifs is 1. The van der Waals surface area contributed by atoms with E-state index in [0.717, 1.165) is 34.6 Å². The molecule has 0 amide bonds. The highest BCUT2D eigenvalue weighted by Crippen LogP contribution is 2.31. The Morgan fingerprint density at radius 1 is 1.23 bits per heavy atom. The fourth-order valence-electron chi connectivity index (χ4n) is 4.06. The third kappa shape index (κ3) is 4.57. The Hall–Kier alpha value is -2.64. The zero-order valence-corrected chi connectivity index (χ0v) is 18.3. The maximum absolute atomic E-state index is 11.8. The number of halogens is 1. The van der Waals surface area contributed by atoms with E-state index in [1.165, 1.54) is 38.4 Å². The van der Waals surface area contributed by atoms with Crippen LogP contribution in [-0.2, 0) is 4.79 Å². The number of hydrogen-bond acceptors (Lipinski definition) is 5. The zero-order chi connectivity index (χ0) is 20.4. The Kier molecular flexibility index (Phi) is 6.63. The summed E-state index contributed by atoms with van der Waals surface area (Å²) in [6.07, 6.45) is 9.05. The van der Waals surface area contributed by atoms with Crippen LogP contribution >= 0.6 is 0 Å². The van der Waals surface area contributed by atoms with Crippen molar-refractivity contribution in [1.82, 2.24) is 9.61 Å². The van der Waals surface area contributed by atoms with E-state index in [1.807, 2.05) is 28.9 Å². The molecule has 2 aromatic rings. The smallest absolute Gasteiger partial charge is 0.183 e. The molecule has 0 spiro atoms. The van der Waals surface area contributed by atoms with Crippen LogP contribution in [0.5, 0.6) is 0 Å². The molecule has 0 saturated carbocycles. The largest absolute Gasteiger partial charge is 1.00 e. The monoisotopic (exact) mass is 428 g/mol. The first-order valence-corrected chi connectivity index (χ1v) is 10.3. The van der Waals surface area contributed by atoms with Gasteiger partial charge in [0.25, 0.3) is 0 Å². The van der Waals surface area contributed by atoms with Crippen molar-refractivity contribution in [1.29, 1.82) is 0 Å². The number of nitrogens with zero attached hydrogens (tertiary/aromatic N) is 4. The minimum absolute atomic E-state index is 0. The zero-order valence-electron chi connectivity index (χ0n) is 17.6. The summed E-state index contributed by atoms with van der Waals surface area (Å²) in [5.41, 5.74) is 9.33. The fourth-order valence-corrected chi connectivity index (χ4v) is 4.06. The lowest BCUT2D eigenvalue weighted by molar-refractivity contribution is -0.912. The van der Waals surface area contributed by atoms with Crippen molar-refractivity contribution < 1.29 is 21.7 Å². The maximum Gasteiger partial charge on any atom is 0.183 e. The summed E-state index contributed by atoms with van der Waals surface area (Å²) in [6, 6.07) is 5.90. The Bertz CT molecular complexity index is 1030. The molecule has 0 bridgehead atoms. The molecule has 7 nitrogen and oxygen atoms in total. The molecule has 2 aromatic heterocycles. The highest BCUT2D eigenvalue weighted by atomic mass is 35.5. The molecule has 8 heteroatoms. The van der Waals surface area contributed by atoms with Crippen LogP contribution in [0.4, 0.5) is 11.5 Å². The van der Waals surface area contributed by atoms with E-state index in [0.29, 0.717) is 17.0 Å². The quantitative estimate of drug-likeness (QED) is 0.511. The van der Waals surface area contributed by atoms with E-state index < -0.39 is 0 Å². The molecule has 0 unspecified atom stereocenters. The summed E-state index contributed by atoms with van der Waals surface area (Å²) in [7, 11) is 2.34. The number of ketones is 1. The van der Waals surface area contributed by atoms with Gasteiger partial charge in [0.2, 0.25) is 0 Å². The third-order valence-corrected chi connectivity index (χ3v) is 5.91. The highest BCUT2D eigenvalue weighted by Gasteiger charge is 2.24. The Balaban J connectivity index is 0.00000256. The van der Waals surface area contributed by atoms with E-state index >= 15 is 0 Å². The van der Waals surface area contributed by atoms with Crippen LogP contribution in [-0.4, -0.2) is 58.8 Å². The number of allylic oxidation sites excluding steroid dienone is 3. The van der Waals surface area contributed by atoms with E-state index in [4.69, 9.17) is 10.7 Å². The predicted octanol–water partition coefficient (Wildman–Crippen LogP) is -0.175. The average Bonchev–Trinajstić information content (AvgIpc) is 3.04. The van der Waals surface area contributed by atoms with E-state index in [-0.39, 0.29) is 18.2 Å². The molecule has 160 valence electrons. The van der Waals surface area contributed by atoms with Crippen molar-refractivity contribution in [3.63, 3.8) is 0 Å². The molecule has 3 N–H and O–H groups in total. The summed E-state index contributed by atoms with van der Waals surface area (Å²) in [5, 5.41) is 8.18. The summed E-state index contributed by atoms with van der Waals surface area (Å²) >= 11 is 0. The van der Waals surface area contributed by atoms with E-state index in [1.54, 1.807) is 13.0 Å². The first-order valence-electron chi connectivity index (χ1n) is 10.3. The van der Waals surface area contributed by atoms with Gasteiger partial charge in [-0.2, -0.15) is 0 Å². The number of aliphatic imine (C=N–C) groups is 1. The molecular weight excluding hydrogens is 400 g/mol. The second kappa shape index (κ2) is 9.02. The van der Waals surface area contributed by atoms with Gasteiger partial charge in [0, 0.05) is 12.3 Å². The SMILES string of the molecule is CC1=CC(=Nc2c(NCC[N+]3(C)CCCCC3)nn3ccccc23)C(N)=CC1=O.[Cl-]. The van der Waals surface area contributed by atoms with Crippen molar-refractivity contribution in [3.05, 3.63) is 47.8 Å². The summed E-state index contributed by atoms with van der Waals surface area (Å²) in [5.74, 6) is 0.668. The summed E-state index contributed by atoms with van der Waals surface area (Å²) < 4.78 is 2.92. The van der Waals surface area contributed by atoms with Crippen LogP contribution < -0.4 is 23.5 Å². The minimum Gasteiger partial charge on any atom is -1.00 e. The van der Waals surface area contributed by atoms with Gasteiger partial charge in [0.05, 0.1) is 50.2 Å². The lowest BCUT2D eigenvalue weighted by Gasteiger charge is -2.37. The number of likely N-dealkylation sites (N-methyl/N-ethyl adjacent to an activating group) is 1. The van der Waals surface area contributed by atoms with Gasteiger partial charge < -0.3 is 27.9 Å². The first kappa shape index (κ1) is 22.1. The second-order valence-electron chi connectivity index (χ2n) is 8.29. The van der Waals surface area contributed by atoms with Crippen molar-refractivity contribution in [2.75, 3.05) is 38.5 Å². The van der Waals surface area contributed by atoms with E-state index in [9.17, 15) is 4.79 Å². The van der Waals surface area contributed by atoms with Crippen molar-refractivity contribution >= 4 is 28.5 Å². The number of rotatable bonds is 5. The average molecular weight is 429 g/mol. The molecule has 1 aliphatic carbocycles. The van der Waals surface area contributed by atoms with Gasteiger partial charge in [-0.25, -0.2) is 9.51 Å². The molecule has 4 rings (SSSR count). The van der Waals surface area contributed by atoms with Gasteiger partial charge in [-0.1, -0.05) is 6.07 Å². The molecule has 1 aliphatic heterocycles. The number of quaternary nitrogens is 1. The number of carbonyl (C=O) groups is 1. The van der Waals surface area contributed by atoms with Gasteiger partial charge in [-0.3, -0.25) is 4.79 Å². The van der Waals surface area contributed by atoms with Crippen molar-refractivity contribution in [2.45, 2.75) is 26.2 Å². The molecule has 2 aliphatic rings. The standard InChI is InChI=1S/C22H28N6O.ClH/c1-16-14-18(17(23)15-20(16)29)25-21-19-8-4-5-10-27(19)26-22(21)24-9-13-28(2)11-6-3-7-12-28;/h4-5,8,10,14-15H,3,6-7,9,11-13H2,1-2H3,(H2-,23,24,26,29);1H. The van der Waals surface area contributed by atoms with Gasteiger partial charge in [-0.15, -0.1) is 5.10 Å². The normalized spacial score (nSPS) is 19.9. The molecule has 0 atom stereocenters. The lowest BCUT2D eigenvalue weighted by Crippen LogP contribution is -3.00. The Labute approximate surface area is 183 Å². The number of likely N-dealkylation sites (tertiary alicyclic amines) is 1. The predicted molar refractivity (Wildman–Crippen MR) is 116 cm³/mol. The van der Waals surface area contributed by atoms with E-state index in [2.05, 4.69) is 17.5 Å². The van der Waals surface area contributed by atoms with Crippen molar-refractivity contribution in [2.24, 2.45) is 10.7 Å². The number of nitrogens with one attached hydrogen (secondary N) is 1. The first-order chi connectivity index (χ1) is 14.0. The van der Waals surface area contributed by atoms with Crippen LogP contribution in [0.1, 0.15) is 26.2 Å². The van der Waals surface area contributed by atoms with Crippen LogP contribution in [0.3, 0.4) is 0 Å². The van der Waals surface area contributed by atoms with Crippen LogP contribution in [0.15, 0.2) is 52.8 Å². The number of hydrogen-bond donors (Lipinski definition) is 2. The Morgan fingerprint density at radius 3 is 2.77 bits per heavy atom. The van der Waals surface area contributed by atoms with Gasteiger partial charge in [-0.05, 0) is 50.0 Å². The van der Waals surface area contributed by atoms with Gasteiger partial charge >= 0.3 is 0 Å². The van der Waals surface area contributed by atoms with Gasteiger partial charge in [0.15, 0.2) is 11.6 Å². The molecule has 1 saturated heterocycles. The van der Waals surface area contributed by atoms with Gasteiger partial charge in [0.1, 0.15) is 5.69 Å². The van der Waals surface area contributed by atoms with Crippen LogP contribution in [0.25, 0.3) is 5.52 Å². The molecule has 0 aromatic carbocycles.